The van der Waals surface area contributed by atoms with Crippen LogP contribution < -0.4 is 5.10 Å². The van der Waals surface area contributed by atoms with Crippen molar-refractivity contribution in [2.75, 3.05) is 0 Å². The third kappa shape index (κ3) is 120. The Kier molecular flexibility index (Phi) is 184. The summed E-state index contributed by atoms with van der Waals surface area (Å²) in [6.07, 6.45) is 7.65. The van der Waals surface area contributed by atoms with Crippen molar-refractivity contribution < 1.29 is 65.4 Å². The van der Waals surface area contributed by atoms with Gasteiger partial charge in [0.25, 0.3) is 0 Å². The van der Waals surface area contributed by atoms with Gasteiger partial charge in [0.05, 0.1) is 0 Å². The summed E-state index contributed by atoms with van der Waals surface area (Å²) in [4.78, 5) is 1.50. The first-order chi connectivity index (χ1) is 6.33. The Morgan fingerprint density at radius 2 is 1.53 bits per heavy atom. The molecular weight excluding hydrogens is 370 g/mol. The van der Waals surface area contributed by atoms with E-state index in [-0.39, 0.29) is 80.3 Å². The van der Waals surface area contributed by atoms with Gasteiger partial charge in [-0.15, -0.1) is 12.3 Å². The molecule has 1 aromatic rings. The average Bonchev–Trinajstić information content (AvgIpc) is 2.66. The molecule has 8 heteroatoms. The number of hydrogen-bond donors (Lipinski definition) is 0. The molecule has 6 nitrogen and oxygen atoms in total. The Morgan fingerprint density at radius 1 is 1.24 bits per heavy atom. The standard InChI is InChI=1S/C3H4.C2H2N3.C2H6.2CH3.N3.2Y/c1-3-2;1-2-4-5-3-1;1-2;;;1-3-2;;/h1H,2H3;1-2H;1-2H3;2*1H3;;;/q;-1;;3*-1;;. The molecular formula is C9H18N6Y2-4. The van der Waals surface area contributed by atoms with Crippen molar-refractivity contribution in [2.24, 2.45) is 0 Å². The number of aromatic nitrogens is 3. The molecule has 0 bridgehead atoms. The van der Waals surface area contributed by atoms with Crippen LogP contribution in [0.3, 0.4) is 0 Å². The SMILES string of the molecule is C#CC.CC.[CH3-].[CH3-].[N-]=[N+]=[N-].[Y].[Y].c1c[n-]nn1. The fourth-order valence-corrected chi connectivity index (χ4v) is 0.149. The minimum absolute atomic E-state index is 0. The molecule has 0 saturated carbocycles. The third-order valence-electron chi connectivity index (χ3n) is 0.303. The molecule has 94 valence electrons. The Hall–Kier alpha value is 0.218. The molecule has 2 radical (unpaired) electrons. The van der Waals surface area contributed by atoms with E-state index in [1.807, 2.05) is 13.8 Å². The maximum atomic E-state index is 6.75. The molecule has 0 unspecified atom stereocenters. The monoisotopic (exact) mass is 388 g/mol. The molecule has 0 fully saturated rings. The second kappa shape index (κ2) is 72.1. The van der Waals surface area contributed by atoms with Crippen LogP contribution in [0.2, 0.25) is 0 Å². The van der Waals surface area contributed by atoms with Crippen LogP contribution in [0.15, 0.2) is 12.4 Å². The van der Waals surface area contributed by atoms with E-state index in [9.17, 15) is 0 Å². The summed E-state index contributed by atoms with van der Waals surface area (Å²) >= 11 is 0. The quantitative estimate of drug-likeness (QED) is 0.225. The summed E-state index contributed by atoms with van der Waals surface area (Å²) in [5, 5.41) is 9.94. The van der Waals surface area contributed by atoms with Crippen molar-refractivity contribution in [3.05, 3.63) is 43.2 Å². The Bertz CT molecular complexity index is 197. The average molecular weight is 388 g/mol. The Balaban J connectivity index is -0.0000000154. The summed E-state index contributed by atoms with van der Waals surface area (Å²) in [5.41, 5.74) is 13.5. The van der Waals surface area contributed by atoms with Gasteiger partial charge >= 0.3 is 0 Å². The minimum Gasteiger partial charge on any atom is -0.373 e. The van der Waals surface area contributed by atoms with Crippen LogP contribution in [0.25, 0.3) is 16.0 Å². The molecule has 0 amide bonds. The van der Waals surface area contributed by atoms with Gasteiger partial charge in [0.1, 0.15) is 0 Å². The summed E-state index contributed by atoms with van der Waals surface area (Å²) in [6.45, 7) is 5.65. The van der Waals surface area contributed by atoms with Crippen molar-refractivity contribution in [3.8, 4) is 12.3 Å². The number of nitrogens with zero attached hydrogens (tertiary/aromatic N) is 6. The fraction of sp³-hybridized carbons (Fsp3) is 0.333. The Morgan fingerprint density at radius 3 is 1.59 bits per heavy atom. The van der Waals surface area contributed by atoms with Crippen LogP contribution in [0, 0.1) is 27.2 Å². The van der Waals surface area contributed by atoms with E-state index in [4.69, 9.17) is 11.1 Å². The molecule has 1 aromatic heterocycles. The fourth-order valence-electron chi connectivity index (χ4n) is 0.149. The van der Waals surface area contributed by atoms with E-state index in [2.05, 4.69) is 27.8 Å². The first kappa shape index (κ1) is 43.4. The molecule has 1 heterocycles. The maximum Gasteiger partial charge on any atom is 0 e. The van der Waals surface area contributed by atoms with E-state index < -0.39 is 0 Å². The van der Waals surface area contributed by atoms with Crippen LogP contribution in [-0.4, -0.2) is 10.3 Å². The van der Waals surface area contributed by atoms with Crippen molar-refractivity contribution in [1.82, 2.24) is 15.4 Å². The second-order valence-electron chi connectivity index (χ2n) is 0.997. The predicted molar refractivity (Wildman–Crippen MR) is 64.1 cm³/mol. The van der Waals surface area contributed by atoms with Gasteiger partial charge < -0.3 is 36.1 Å². The summed E-state index contributed by atoms with van der Waals surface area (Å²) in [5.74, 6) is 2.25. The smallest absolute Gasteiger partial charge is 0 e. The van der Waals surface area contributed by atoms with Crippen molar-refractivity contribution in [3.63, 3.8) is 0 Å². The molecule has 0 aliphatic carbocycles. The topological polar surface area (TPSA) is 98.6 Å². The zero-order valence-corrected chi connectivity index (χ0v) is 16.7. The van der Waals surface area contributed by atoms with Crippen LogP contribution >= 0.6 is 0 Å². The zero-order valence-electron chi connectivity index (χ0n) is 11.1. The molecule has 0 atom stereocenters. The van der Waals surface area contributed by atoms with Gasteiger partial charge in [-0.1, -0.05) is 26.2 Å². The first-order valence-corrected chi connectivity index (χ1v) is 3.44. The minimum atomic E-state index is 0. The molecule has 0 aliphatic rings. The summed E-state index contributed by atoms with van der Waals surface area (Å²) < 4.78 is 0. The maximum absolute atomic E-state index is 6.75. The molecule has 0 N–H and O–H groups in total. The van der Waals surface area contributed by atoms with Crippen molar-refractivity contribution in [2.45, 2.75) is 20.8 Å². The number of hydrogen-bond acceptors (Lipinski definition) is 2. The molecule has 1 rings (SSSR count). The van der Waals surface area contributed by atoms with Crippen LogP contribution in [-0.2, 0) is 65.4 Å². The van der Waals surface area contributed by atoms with Crippen LogP contribution in [0.5, 0.6) is 0 Å². The van der Waals surface area contributed by atoms with Gasteiger partial charge in [-0.05, 0) is 6.92 Å². The van der Waals surface area contributed by atoms with Gasteiger partial charge in [0, 0.05) is 65.4 Å². The van der Waals surface area contributed by atoms with E-state index in [1.165, 1.54) is 17.3 Å². The van der Waals surface area contributed by atoms with Crippen molar-refractivity contribution in [1.29, 1.82) is 0 Å². The van der Waals surface area contributed by atoms with Gasteiger partial charge in [0.2, 0.25) is 0 Å². The Labute approximate surface area is 155 Å². The largest absolute Gasteiger partial charge is 0.373 e. The van der Waals surface area contributed by atoms with Crippen LogP contribution in [0.4, 0.5) is 0 Å². The third-order valence-corrected chi connectivity index (χ3v) is 0.303. The predicted octanol–water partition coefficient (Wildman–Crippen LogP) is 2.86. The van der Waals surface area contributed by atoms with E-state index in [0.717, 1.165) is 0 Å². The molecule has 0 spiro atoms. The zero-order chi connectivity index (χ0) is 10.9. The summed E-state index contributed by atoms with van der Waals surface area (Å²) in [6, 6.07) is 0. The van der Waals surface area contributed by atoms with Gasteiger partial charge in [0.15, 0.2) is 0 Å². The number of terminal acetylenes is 1. The van der Waals surface area contributed by atoms with E-state index >= 15 is 0 Å². The molecule has 17 heavy (non-hydrogen) atoms. The molecule has 0 aromatic carbocycles. The van der Waals surface area contributed by atoms with E-state index in [1.54, 1.807) is 6.92 Å². The normalized spacial score (nSPS) is 3.65. The van der Waals surface area contributed by atoms with Gasteiger partial charge in [-0.2, -0.15) is 0 Å². The molecule has 0 saturated heterocycles. The van der Waals surface area contributed by atoms with Gasteiger partial charge in [-0.25, -0.2) is 0 Å². The first-order valence-electron chi connectivity index (χ1n) is 3.44. The summed E-state index contributed by atoms with van der Waals surface area (Å²) in [7, 11) is 0. The van der Waals surface area contributed by atoms with E-state index in [0.29, 0.717) is 0 Å². The number of rotatable bonds is 0. The second-order valence-corrected chi connectivity index (χ2v) is 0.997. The van der Waals surface area contributed by atoms with Crippen LogP contribution in [0.1, 0.15) is 20.8 Å². The van der Waals surface area contributed by atoms with Gasteiger partial charge in [-0.3, -0.25) is 10.1 Å². The molecule has 0 aliphatic heterocycles. The van der Waals surface area contributed by atoms with Crippen molar-refractivity contribution >= 4 is 0 Å².